The Kier molecular flexibility index (Phi) is 1.70. The van der Waals surface area contributed by atoms with Gasteiger partial charge >= 0.3 is 0 Å². The first-order valence-electron chi connectivity index (χ1n) is 3.43. The van der Waals surface area contributed by atoms with E-state index in [9.17, 15) is 0 Å². The van der Waals surface area contributed by atoms with Gasteiger partial charge in [0.15, 0.2) is 0 Å². The summed E-state index contributed by atoms with van der Waals surface area (Å²) in [7, 11) is 0. The van der Waals surface area contributed by atoms with Gasteiger partial charge < -0.3 is 4.42 Å². The maximum absolute atomic E-state index is 5.31. The molecule has 56 valence electrons. The van der Waals surface area contributed by atoms with Gasteiger partial charge in [-0.1, -0.05) is 34.1 Å². The van der Waals surface area contributed by atoms with Crippen LogP contribution in [0.1, 0.15) is 5.56 Å². The van der Waals surface area contributed by atoms with Gasteiger partial charge in [0.2, 0.25) is 0 Å². The lowest BCUT2D eigenvalue weighted by molar-refractivity contribution is 0.613. The molecule has 0 unspecified atom stereocenters. The first-order chi connectivity index (χ1) is 5.42. The Morgan fingerprint density at radius 3 is 3.00 bits per heavy atom. The SMILES string of the molecule is BrCc1cccc2ccoc12. The molecule has 0 fully saturated rings. The first-order valence-corrected chi connectivity index (χ1v) is 4.55. The van der Waals surface area contributed by atoms with E-state index in [4.69, 9.17) is 4.42 Å². The lowest BCUT2D eigenvalue weighted by atomic mass is 10.2. The number of benzene rings is 1. The minimum absolute atomic E-state index is 0.845. The zero-order valence-electron chi connectivity index (χ0n) is 5.88. The second-order valence-electron chi connectivity index (χ2n) is 2.39. The fraction of sp³-hybridized carbons (Fsp3) is 0.111. The molecule has 0 aliphatic carbocycles. The number of fused-ring (bicyclic) bond motifs is 1. The van der Waals surface area contributed by atoms with Crippen LogP contribution in [0.25, 0.3) is 11.0 Å². The lowest BCUT2D eigenvalue weighted by Crippen LogP contribution is -1.75. The molecule has 0 saturated heterocycles. The Labute approximate surface area is 73.1 Å². The van der Waals surface area contributed by atoms with E-state index in [1.54, 1.807) is 6.26 Å². The number of hydrogen-bond donors (Lipinski definition) is 0. The molecule has 2 aromatic rings. The van der Waals surface area contributed by atoms with Crippen LogP contribution in [-0.2, 0) is 5.33 Å². The summed E-state index contributed by atoms with van der Waals surface area (Å²) in [4.78, 5) is 0. The Morgan fingerprint density at radius 1 is 1.27 bits per heavy atom. The van der Waals surface area contributed by atoms with E-state index < -0.39 is 0 Å². The second kappa shape index (κ2) is 2.70. The summed E-state index contributed by atoms with van der Waals surface area (Å²) in [6.45, 7) is 0. The van der Waals surface area contributed by atoms with Crippen LogP contribution in [0.15, 0.2) is 34.9 Å². The molecule has 0 radical (unpaired) electrons. The van der Waals surface area contributed by atoms with E-state index in [0.29, 0.717) is 0 Å². The molecule has 0 amide bonds. The highest BCUT2D eigenvalue weighted by molar-refractivity contribution is 9.08. The predicted molar refractivity (Wildman–Crippen MR) is 48.8 cm³/mol. The largest absolute Gasteiger partial charge is 0.464 e. The zero-order chi connectivity index (χ0) is 7.68. The second-order valence-corrected chi connectivity index (χ2v) is 2.95. The average Bonchev–Trinajstić information content (AvgIpc) is 2.50. The van der Waals surface area contributed by atoms with E-state index in [-0.39, 0.29) is 0 Å². The molecule has 11 heavy (non-hydrogen) atoms. The van der Waals surface area contributed by atoms with E-state index in [2.05, 4.69) is 22.0 Å². The number of rotatable bonds is 1. The number of hydrogen-bond acceptors (Lipinski definition) is 1. The van der Waals surface area contributed by atoms with Crippen molar-refractivity contribution in [1.82, 2.24) is 0 Å². The van der Waals surface area contributed by atoms with Crippen molar-refractivity contribution in [2.45, 2.75) is 5.33 Å². The minimum atomic E-state index is 0.845. The standard InChI is InChI=1S/C9H7BrO/c10-6-8-3-1-2-7-4-5-11-9(7)8/h1-5H,6H2. The molecule has 0 atom stereocenters. The fourth-order valence-electron chi connectivity index (χ4n) is 1.16. The highest BCUT2D eigenvalue weighted by Gasteiger charge is 2.00. The average molecular weight is 211 g/mol. The molecule has 0 bridgehead atoms. The summed E-state index contributed by atoms with van der Waals surface area (Å²) in [6, 6.07) is 8.11. The summed E-state index contributed by atoms with van der Waals surface area (Å²) in [5, 5.41) is 2.01. The summed E-state index contributed by atoms with van der Waals surface area (Å²) in [5.74, 6) is 0. The smallest absolute Gasteiger partial charge is 0.137 e. The summed E-state index contributed by atoms with van der Waals surface area (Å²) < 4.78 is 5.31. The van der Waals surface area contributed by atoms with Crippen LogP contribution in [0.4, 0.5) is 0 Å². The number of furan rings is 1. The van der Waals surface area contributed by atoms with Crippen LogP contribution in [0.2, 0.25) is 0 Å². The van der Waals surface area contributed by atoms with Crippen LogP contribution in [0, 0.1) is 0 Å². The molecule has 0 aliphatic rings. The van der Waals surface area contributed by atoms with Gasteiger partial charge in [-0.15, -0.1) is 0 Å². The first kappa shape index (κ1) is 6.92. The van der Waals surface area contributed by atoms with Crippen molar-refractivity contribution in [3.63, 3.8) is 0 Å². The Hall–Kier alpha value is -0.760. The normalized spacial score (nSPS) is 10.6. The van der Waals surface area contributed by atoms with E-state index in [0.717, 1.165) is 10.9 Å². The van der Waals surface area contributed by atoms with Crippen molar-refractivity contribution < 1.29 is 4.42 Å². The summed E-state index contributed by atoms with van der Waals surface area (Å²) in [6.07, 6.45) is 1.72. The van der Waals surface area contributed by atoms with E-state index in [1.807, 2.05) is 18.2 Å². The zero-order valence-corrected chi connectivity index (χ0v) is 7.47. The molecule has 0 aliphatic heterocycles. The summed E-state index contributed by atoms with van der Waals surface area (Å²) >= 11 is 3.40. The van der Waals surface area contributed by atoms with Crippen molar-refractivity contribution in [2.24, 2.45) is 0 Å². The van der Waals surface area contributed by atoms with Crippen molar-refractivity contribution in [3.8, 4) is 0 Å². The molecule has 1 aromatic heterocycles. The quantitative estimate of drug-likeness (QED) is 0.659. The molecule has 1 aromatic carbocycles. The molecule has 2 rings (SSSR count). The molecule has 0 saturated carbocycles. The van der Waals surface area contributed by atoms with Crippen molar-refractivity contribution in [3.05, 3.63) is 36.1 Å². The van der Waals surface area contributed by atoms with Gasteiger partial charge in [-0.3, -0.25) is 0 Å². The molecule has 0 spiro atoms. The van der Waals surface area contributed by atoms with Crippen molar-refractivity contribution in [2.75, 3.05) is 0 Å². The topological polar surface area (TPSA) is 13.1 Å². The molecule has 2 heteroatoms. The summed E-state index contributed by atoms with van der Waals surface area (Å²) in [5.41, 5.74) is 2.19. The third-order valence-corrected chi connectivity index (χ3v) is 2.31. The molecular weight excluding hydrogens is 204 g/mol. The van der Waals surface area contributed by atoms with E-state index in [1.165, 1.54) is 10.9 Å². The van der Waals surface area contributed by atoms with E-state index >= 15 is 0 Å². The Bertz CT molecular complexity index is 364. The third-order valence-electron chi connectivity index (χ3n) is 1.70. The fourth-order valence-corrected chi connectivity index (χ4v) is 1.60. The Morgan fingerprint density at radius 2 is 2.18 bits per heavy atom. The predicted octanol–water partition coefficient (Wildman–Crippen LogP) is 3.33. The minimum Gasteiger partial charge on any atom is -0.464 e. The van der Waals surface area contributed by atoms with Crippen LogP contribution < -0.4 is 0 Å². The van der Waals surface area contributed by atoms with Gasteiger partial charge in [0.05, 0.1) is 6.26 Å². The van der Waals surface area contributed by atoms with Crippen molar-refractivity contribution in [1.29, 1.82) is 0 Å². The maximum Gasteiger partial charge on any atom is 0.137 e. The molecule has 1 nitrogen and oxygen atoms in total. The van der Waals surface area contributed by atoms with Gasteiger partial charge in [0.25, 0.3) is 0 Å². The monoisotopic (exact) mass is 210 g/mol. The molecule has 0 N–H and O–H groups in total. The van der Waals surface area contributed by atoms with Crippen molar-refractivity contribution >= 4 is 26.9 Å². The van der Waals surface area contributed by atoms with Crippen LogP contribution in [0.3, 0.4) is 0 Å². The van der Waals surface area contributed by atoms with Gasteiger partial charge in [0.1, 0.15) is 5.58 Å². The van der Waals surface area contributed by atoms with Gasteiger partial charge in [-0.2, -0.15) is 0 Å². The van der Waals surface area contributed by atoms with Crippen LogP contribution in [0.5, 0.6) is 0 Å². The molecule has 1 heterocycles. The van der Waals surface area contributed by atoms with Gasteiger partial charge in [0, 0.05) is 16.3 Å². The highest BCUT2D eigenvalue weighted by Crippen LogP contribution is 2.21. The number of para-hydroxylation sites is 1. The van der Waals surface area contributed by atoms with Crippen LogP contribution in [-0.4, -0.2) is 0 Å². The molecular formula is C9H7BrO. The maximum atomic E-state index is 5.31. The Balaban J connectivity index is 2.79. The number of halogens is 1. The van der Waals surface area contributed by atoms with Crippen LogP contribution >= 0.6 is 15.9 Å². The third kappa shape index (κ3) is 1.07. The highest BCUT2D eigenvalue weighted by atomic mass is 79.9. The number of alkyl halides is 1. The lowest BCUT2D eigenvalue weighted by Gasteiger charge is -1.94. The van der Waals surface area contributed by atoms with Gasteiger partial charge in [-0.25, -0.2) is 0 Å². The van der Waals surface area contributed by atoms with Gasteiger partial charge in [-0.05, 0) is 6.07 Å².